The van der Waals surface area contributed by atoms with Gasteiger partial charge in [0.25, 0.3) is 0 Å². The van der Waals surface area contributed by atoms with E-state index in [1.165, 1.54) is 4.31 Å². The maximum atomic E-state index is 11.7. The summed E-state index contributed by atoms with van der Waals surface area (Å²) in [4.78, 5) is 2.32. The minimum absolute atomic E-state index is 0.265. The molecule has 0 unspecified atom stereocenters. The van der Waals surface area contributed by atoms with Crippen LogP contribution in [0.15, 0.2) is 0 Å². The van der Waals surface area contributed by atoms with Gasteiger partial charge in [-0.3, -0.25) is 0 Å². The zero-order valence-corrected chi connectivity index (χ0v) is 11.1. The Hall–Kier alpha value is -0.170. The summed E-state index contributed by atoms with van der Waals surface area (Å²) in [6, 6.07) is 0. The van der Waals surface area contributed by atoms with Crippen LogP contribution in [0.5, 0.6) is 0 Å². The molecule has 0 atom stereocenters. The van der Waals surface area contributed by atoms with Gasteiger partial charge < -0.3 is 10.2 Å². The third-order valence-electron chi connectivity index (χ3n) is 3.01. The molecule has 16 heavy (non-hydrogen) atoms. The normalized spacial score (nSPS) is 19.2. The Balaban J connectivity index is 2.23. The van der Waals surface area contributed by atoms with Gasteiger partial charge in [-0.1, -0.05) is 6.92 Å². The second-order valence-corrected chi connectivity index (χ2v) is 6.37. The molecule has 0 aromatic heterocycles. The molecule has 1 aliphatic heterocycles. The Morgan fingerprint density at radius 2 is 1.94 bits per heavy atom. The Kier molecular flexibility index (Phi) is 5.68. The average Bonchev–Trinajstić information content (AvgIpc) is 2.29. The molecule has 5 nitrogen and oxygen atoms in total. The Morgan fingerprint density at radius 1 is 1.31 bits per heavy atom. The first kappa shape index (κ1) is 13.9. The predicted molar refractivity (Wildman–Crippen MR) is 66.0 cm³/mol. The standard InChI is InChI=1S/C10H23N3O2S/c1-3-12(2)16(14,15)10-4-7-13-8-5-11-6-9-13/h11H,3-10H2,1-2H3. The van der Waals surface area contributed by atoms with Crippen LogP contribution in [0.4, 0.5) is 0 Å². The highest BCUT2D eigenvalue weighted by molar-refractivity contribution is 7.89. The van der Waals surface area contributed by atoms with E-state index in [2.05, 4.69) is 10.2 Å². The number of nitrogens with zero attached hydrogens (tertiary/aromatic N) is 2. The molecule has 0 radical (unpaired) electrons. The van der Waals surface area contributed by atoms with E-state index in [1.807, 2.05) is 6.92 Å². The maximum absolute atomic E-state index is 11.7. The van der Waals surface area contributed by atoms with E-state index in [0.29, 0.717) is 6.54 Å². The van der Waals surface area contributed by atoms with Crippen molar-refractivity contribution in [2.24, 2.45) is 0 Å². The highest BCUT2D eigenvalue weighted by atomic mass is 32.2. The quantitative estimate of drug-likeness (QED) is 0.693. The Bertz CT molecular complexity index is 286. The van der Waals surface area contributed by atoms with Gasteiger partial charge in [0.15, 0.2) is 0 Å². The van der Waals surface area contributed by atoms with Crippen molar-refractivity contribution in [3.05, 3.63) is 0 Å². The van der Waals surface area contributed by atoms with Gasteiger partial charge in [-0.15, -0.1) is 0 Å². The molecule has 1 fully saturated rings. The van der Waals surface area contributed by atoms with Crippen LogP contribution in [0.2, 0.25) is 0 Å². The molecule has 0 bridgehead atoms. The molecule has 96 valence electrons. The average molecular weight is 249 g/mol. The summed E-state index contributed by atoms with van der Waals surface area (Å²) in [6.07, 6.45) is 0.729. The Labute approximate surface area is 98.8 Å². The van der Waals surface area contributed by atoms with E-state index in [-0.39, 0.29) is 5.75 Å². The lowest BCUT2D eigenvalue weighted by molar-refractivity contribution is 0.241. The van der Waals surface area contributed by atoms with Gasteiger partial charge in [0.2, 0.25) is 10.0 Å². The first-order valence-corrected chi connectivity index (χ1v) is 7.54. The van der Waals surface area contributed by atoms with E-state index in [9.17, 15) is 8.42 Å². The summed E-state index contributed by atoms with van der Waals surface area (Å²) in [7, 11) is -1.38. The zero-order chi connectivity index (χ0) is 12.0. The van der Waals surface area contributed by atoms with Crippen molar-refractivity contribution in [3.8, 4) is 0 Å². The monoisotopic (exact) mass is 249 g/mol. The van der Waals surface area contributed by atoms with E-state index < -0.39 is 10.0 Å². The van der Waals surface area contributed by atoms with Crippen LogP contribution in [0.1, 0.15) is 13.3 Å². The van der Waals surface area contributed by atoms with Crippen LogP contribution >= 0.6 is 0 Å². The summed E-state index contributed by atoms with van der Waals surface area (Å²) >= 11 is 0. The number of nitrogens with one attached hydrogen (secondary N) is 1. The molecule has 6 heteroatoms. The summed E-state index contributed by atoms with van der Waals surface area (Å²) in [6.45, 7) is 7.39. The zero-order valence-electron chi connectivity index (χ0n) is 10.3. The highest BCUT2D eigenvalue weighted by Crippen LogP contribution is 2.02. The molecule has 1 N–H and O–H groups in total. The molecule has 1 heterocycles. The molecule has 0 amide bonds. The van der Waals surface area contributed by atoms with Crippen LogP contribution in [0.3, 0.4) is 0 Å². The van der Waals surface area contributed by atoms with Gasteiger partial charge >= 0.3 is 0 Å². The molecular formula is C10H23N3O2S. The first-order valence-electron chi connectivity index (χ1n) is 5.93. The smallest absolute Gasteiger partial charge is 0.213 e. The summed E-state index contributed by atoms with van der Waals surface area (Å²) in [5.41, 5.74) is 0. The van der Waals surface area contributed by atoms with Crippen molar-refractivity contribution in [2.75, 3.05) is 52.1 Å². The van der Waals surface area contributed by atoms with Crippen molar-refractivity contribution in [2.45, 2.75) is 13.3 Å². The van der Waals surface area contributed by atoms with E-state index >= 15 is 0 Å². The lowest BCUT2D eigenvalue weighted by Gasteiger charge is -2.27. The highest BCUT2D eigenvalue weighted by Gasteiger charge is 2.16. The van der Waals surface area contributed by atoms with Gasteiger partial charge in [-0.2, -0.15) is 0 Å². The first-order chi connectivity index (χ1) is 7.56. The van der Waals surface area contributed by atoms with E-state index in [1.54, 1.807) is 7.05 Å². The van der Waals surface area contributed by atoms with Gasteiger partial charge in [0, 0.05) is 39.8 Å². The van der Waals surface area contributed by atoms with Crippen LogP contribution in [-0.2, 0) is 10.0 Å². The fourth-order valence-electron chi connectivity index (χ4n) is 1.76. The number of rotatable bonds is 6. The van der Waals surface area contributed by atoms with E-state index in [4.69, 9.17) is 0 Å². The molecule has 0 saturated carbocycles. The van der Waals surface area contributed by atoms with Crippen molar-refractivity contribution >= 4 is 10.0 Å². The summed E-state index contributed by atoms with van der Waals surface area (Å²) in [5.74, 6) is 0.265. The lowest BCUT2D eigenvalue weighted by atomic mass is 10.3. The molecule has 0 aromatic carbocycles. The molecule has 1 rings (SSSR count). The van der Waals surface area contributed by atoms with Crippen molar-refractivity contribution in [3.63, 3.8) is 0 Å². The van der Waals surface area contributed by atoms with Crippen LogP contribution in [0, 0.1) is 0 Å². The number of sulfonamides is 1. The molecule has 1 saturated heterocycles. The topological polar surface area (TPSA) is 52.7 Å². The number of hydrogen-bond acceptors (Lipinski definition) is 4. The fourth-order valence-corrected chi connectivity index (χ4v) is 2.96. The lowest BCUT2D eigenvalue weighted by Crippen LogP contribution is -2.44. The second kappa shape index (κ2) is 6.54. The molecule has 0 aliphatic carbocycles. The van der Waals surface area contributed by atoms with Crippen LogP contribution in [-0.4, -0.2) is 69.7 Å². The minimum Gasteiger partial charge on any atom is -0.314 e. The summed E-state index contributed by atoms with van der Waals surface area (Å²) in [5, 5.41) is 3.28. The number of hydrogen-bond donors (Lipinski definition) is 1. The van der Waals surface area contributed by atoms with Crippen molar-refractivity contribution in [1.82, 2.24) is 14.5 Å². The largest absolute Gasteiger partial charge is 0.314 e. The van der Waals surface area contributed by atoms with Gasteiger partial charge in [-0.05, 0) is 13.0 Å². The number of piperazine rings is 1. The van der Waals surface area contributed by atoms with Crippen molar-refractivity contribution in [1.29, 1.82) is 0 Å². The predicted octanol–water partition coefficient (Wildman–Crippen LogP) is -0.437. The molecule has 1 aliphatic rings. The van der Waals surface area contributed by atoms with E-state index in [0.717, 1.165) is 39.1 Å². The van der Waals surface area contributed by atoms with Gasteiger partial charge in [0.05, 0.1) is 5.75 Å². The third-order valence-corrected chi connectivity index (χ3v) is 5.02. The summed E-state index contributed by atoms with van der Waals surface area (Å²) < 4.78 is 24.8. The molecular weight excluding hydrogens is 226 g/mol. The molecule has 0 spiro atoms. The van der Waals surface area contributed by atoms with Gasteiger partial charge in [0.1, 0.15) is 0 Å². The minimum atomic E-state index is -3.02. The third kappa shape index (κ3) is 4.37. The maximum Gasteiger partial charge on any atom is 0.213 e. The second-order valence-electron chi connectivity index (χ2n) is 4.18. The SMILES string of the molecule is CCN(C)S(=O)(=O)CCCN1CCNCC1. The Morgan fingerprint density at radius 3 is 2.50 bits per heavy atom. The fraction of sp³-hybridized carbons (Fsp3) is 1.00. The van der Waals surface area contributed by atoms with Crippen molar-refractivity contribution < 1.29 is 8.42 Å². The van der Waals surface area contributed by atoms with Crippen LogP contribution in [0.25, 0.3) is 0 Å². The van der Waals surface area contributed by atoms with Crippen LogP contribution < -0.4 is 5.32 Å². The van der Waals surface area contributed by atoms with Gasteiger partial charge in [-0.25, -0.2) is 12.7 Å². The molecule has 0 aromatic rings.